The van der Waals surface area contributed by atoms with E-state index < -0.39 is 0 Å². The Kier molecular flexibility index (Phi) is 2.67. The highest BCUT2D eigenvalue weighted by Gasteiger charge is 2.59. The van der Waals surface area contributed by atoms with Gasteiger partial charge in [-0.3, -0.25) is 0 Å². The van der Waals surface area contributed by atoms with Gasteiger partial charge in [-0.25, -0.2) is 0 Å². The third-order valence-corrected chi connectivity index (χ3v) is 6.36. The number of anilines is 1. The molecule has 21 heavy (non-hydrogen) atoms. The molecule has 0 amide bonds. The van der Waals surface area contributed by atoms with Crippen LogP contribution in [0.25, 0.3) is 10.8 Å². The second kappa shape index (κ2) is 4.25. The summed E-state index contributed by atoms with van der Waals surface area (Å²) in [6.07, 6.45) is 4.18. The number of fused-ring (bicyclic) bond motifs is 3. The van der Waals surface area contributed by atoms with Crippen molar-refractivity contribution in [3.63, 3.8) is 0 Å². The maximum Gasteiger partial charge on any atom is 0.0422 e. The van der Waals surface area contributed by atoms with E-state index in [1.165, 1.54) is 35.7 Å². The van der Waals surface area contributed by atoms with E-state index in [4.69, 9.17) is 0 Å². The molecule has 1 heteroatoms. The summed E-state index contributed by atoms with van der Waals surface area (Å²) in [5.74, 6) is 0.884. The van der Waals surface area contributed by atoms with Crippen molar-refractivity contribution >= 4 is 16.5 Å². The van der Waals surface area contributed by atoms with Crippen molar-refractivity contribution in [3.8, 4) is 0 Å². The number of benzene rings is 2. The Labute approximate surface area is 127 Å². The molecule has 0 aliphatic heterocycles. The van der Waals surface area contributed by atoms with Crippen molar-refractivity contribution in [1.29, 1.82) is 0 Å². The van der Waals surface area contributed by atoms with E-state index in [-0.39, 0.29) is 0 Å². The molecular formula is C20H25N. The third-order valence-electron chi connectivity index (χ3n) is 6.36. The van der Waals surface area contributed by atoms with Gasteiger partial charge in [-0.1, -0.05) is 57.2 Å². The van der Waals surface area contributed by atoms with Crippen molar-refractivity contribution in [1.82, 2.24) is 0 Å². The van der Waals surface area contributed by atoms with Gasteiger partial charge in [0, 0.05) is 17.1 Å². The monoisotopic (exact) mass is 279 g/mol. The fourth-order valence-electron chi connectivity index (χ4n) is 5.17. The van der Waals surface area contributed by atoms with Crippen molar-refractivity contribution in [2.24, 2.45) is 16.7 Å². The maximum atomic E-state index is 3.95. The lowest BCUT2D eigenvalue weighted by atomic mass is 9.68. The Hall–Kier alpha value is -1.50. The summed E-state index contributed by atoms with van der Waals surface area (Å²) in [5.41, 5.74) is 2.16. The van der Waals surface area contributed by atoms with E-state index in [0.29, 0.717) is 16.9 Å². The topological polar surface area (TPSA) is 12.0 Å². The van der Waals surface area contributed by atoms with Gasteiger partial charge in [-0.2, -0.15) is 0 Å². The Morgan fingerprint density at radius 2 is 1.76 bits per heavy atom. The normalized spacial score (nSPS) is 33.5. The lowest BCUT2D eigenvalue weighted by Gasteiger charge is -2.43. The number of hydrogen-bond donors (Lipinski definition) is 1. The Balaban J connectivity index is 1.75. The maximum absolute atomic E-state index is 3.95. The molecule has 1 N–H and O–H groups in total. The van der Waals surface area contributed by atoms with Gasteiger partial charge in [-0.05, 0) is 47.5 Å². The van der Waals surface area contributed by atoms with Gasteiger partial charge in [0.05, 0.1) is 0 Å². The summed E-state index contributed by atoms with van der Waals surface area (Å²) < 4.78 is 0. The molecule has 2 aromatic rings. The van der Waals surface area contributed by atoms with Gasteiger partial charge < -0.3 is 5.32 Å². The molecule has 2 aliphatic rings. The van der Waals surface area contributed by atoms with Crippen molar-refractivity contribution in [2.75, 3.05) is 5.32 Å². The molecule has 3 atom stereocenters. The van der Waals surface area contributed by atoms with E-state index in [0.717, 1.165) is 5.92 Å². The highest BCUT2D eigenvalue weighted by Crippen LogP contribution is 2.63. The standard InChI is InChI=1S/C20H25N/c1-19(2)15-11-12-20(3,13-15)18(19)21-17-10-6-8-14-7-4-5-9-16(14)17/h4-10,15,18,21H,11-13H2,1-3H3. The summed E-state index contributed by atoms with van der Waals surface area (Å²) in [4.78, 5) is 0. The van der Waals surface area contributed by atoms with Gasteiger partial charge in [0.15, 0.2) is 0 Å². The quantitative estimate of drug-likeness (QED) is 0.769. The fourth-order valence-corrected chi connectivity index (χ4v) is 5.17. The molecule has 1 nitrogen and oxygen atoms in total. The molecule has 4 rings (SSSR count). The number of hydrogen-bond acceptors (Lipinski definition) is 1. The van der Waals surface area contributed by atoms with Crippen LogP contribution >= 0.6 is 0 Å². The molecule has 0 aromatic heterocycles. The Morgan fingerprint density at radius 1 is 1.00 bits per heavy atom. The average molecular weight is 279 g/mol. The highest BCUT2D eigenvalue weighted by atomic mass is 15.0. The van der Waals surface area contributed by atoms with Gasteiger partial charge in [0.1, 0.15) is 0 Å². The summed E-state index contributed by atoms with van der Waals surface area (Å²) >= 11 is 0. The van der Waals surface area contributed by atoms with Gasteiger partial charge in [0.25, 0.3) is 0 Å². The Morgan fingerprint density at radius 3 is 2.52 bits per heavy atom. The zero-order valence-electron chi connectivity index (χ0n) is 13.3. The van der Waals surface area contributed by atoms with Crippen LogP contribution in [0.5, 0.6) is 0 Å². The zero-order valence-corrected chi connectivity index (χ0v) is 13.3. The molecular weight excluding hydrogens is 254 g/mol. The van der Waals surface area contributed by atoms with Crippen LogP contribution in [0.15, 0.2) is 42.5 Å². The molecule has 0 saturated heterocycles. The minimum atomic E-state index is 0.393. The van der Waals surface area contributed by atoms with E-state index in [1.54, 1.807) is 0 Å². The first-order valence-electron chi connectivity index (χ1n) is 8.25. The first-order chi connectivity index (χ1) is 10.0. The molecule has 0 spiro atoms. The van der Waals surface area contributed by atoms with Crippen LogP contribution in [0.1, 0.15) is 40.0 Å². The molecule has 2 fully saturated rings. The van der Waals surface area contributed by atoms with Crippen molar-refractivity contribution in [3.05, 3.63) is 42.5 Å². The molecule has 110 valence electrons. The molecule has 0 radical (unpaired) electrons. The Bertz CT molecular complexity index is 677. The van der Waals surface area contributed by atoms with Crippen LogP contribution in [0.3, 0.4) is 0 Å². The van der Waals surface area contributed by atoms with E-state index in [2.05, 4.69) is 68.6 Å². The smallest absolute Gasteiger partial charge is 0.0422 e. The number of rotatable bonds is 2. The van der Waals surface area contributed by atoms with Crippen LogP contribution in [-0.4, -0.2) is 6.04 Å². The van der Waals surface area contributed by atoms with Crippen LogP contribution in [0.2, 0.25) is 0 Å². The third kappa shape index (κ3) is 1.83. The van der Waals surface area contributed by atoms with E-state index >= 15 is 0 Å². The summed E-state index contributed by atoms with van der Waals surface area (Å²) in [6, 6.07) is 15.9. The molecule has 3 unspecified atom stereocenters. The predicted molar refractivity (Wildman–Crippen MR) is 90.6 cm³/mol. The largest absolute Gasteiger partial charge is 0.381 e. The second-order valence-electron chi connectivity index (χ2n) is 8.02. The first-order valence-corrected chi connectivity index (χ1v) is 8.25. The zero-order chi connectivity index (χ0) is 14.7. The molecule has 0 heterocycles. The minimum Gasteiger partial charge on any atom is -0.381 e. The van der Waals surface area contributed by atoms with Crippen LogP contribution in [-0.2, 0) is 0 Å². The van der Waals surface area contributed by atoms with Crippen molar-refractivity contribution < 1.29 is 0 Å². The predicted octanol–water partition coefficient (Wildman–Crippen LogP) is 5.47. The molecule has 2 saturated carbocycles. The SMILES string of the molecule is CC12CCC(C1)C(C)(C)C2Nc1cccc2ccccc12. The average Bonchev–Trinajstić information content (AvgIpc) is 2.95. The van der Waals surface area contributed by atoms with E-state index in [1.807, 2.05) is 0 Å². The fraction of sp³-hybridized carbons (Fsp3) is 0.500. The lowest BCUT2D eigenvalue weighted by molar-refractivity contribution is 0.155. The molecule has 2 aliphatic carbocycles. The van der Waals surface area contributed by atoms with Crippen LogP contribution < -0.4 is 5.32 Å². The summed E-state index contributed by atoms with van der Waals surface area (Å²) in [7, 11) is 0. The minimum absolute atomic E-state index is 0.393. The summed E-state index contributed by atoms with van der Waals surface area (Å²) in [5, 5.41) is 6.62. The van der Waals surface area contributed by atoms with Crippen LogP contribution in [0, 0.1) is 16.7 Å². The first kappa shape index (κ1) is 13.2. The highest BCUT2D eigenvalue weighted by molar-refractivity contribution is 5.93. The van der Waals surface area contributed by atoms with Gasteiger partial charge >= 0.3 is 0 Å². The molecule has 2 bridgehead atoms. The van der Waals surface area contributed by atoms with Gasteiger partial charge in [-0.15, -0.1) is 0 Å². The van der Waals surface area contributed by atoms with Gasteiger partial charge in [0.2, 0.25) is 0 Å². The number of nitrogens with one attached hydrogen (secondary N) is 1. The van der Waals surface area contributed by atoms with Crippen LogP contribution in [0.4, 0.5) is 5.69 Å². The lowest BCUT2D eigenvalue weighted by Crippen LogP contribution is -2.45. The summed E-state index contributed by atoms with van der Waals surface area (Å²) in [6.45, 7) is 7.42. The van der Waals surface area contributed by atoms with Crippen molar-refractivity contribution in [2.45, 2.75) is 46.1 Å². The second-order valence-corrected chi connectivity index (χ2v) is 8.02. The molecule has 2 aromatic carbocycles. The van der Waals surface area contributed by atoms with E-state index in [9.17, 15) is 0 Å².